The molecule has 100 valence electrons. The number of carbonyl (C=O) groups is 2. The fraction of sp³-hybridized carbons (Fsp3) is 0.308. The number of amides is 1. The molecule has 1 aromatic rings. The number of carboxylic acid groups (broad SMARTS) is 1. The monoisotopic (exact) mass is 278 g/mol. The molecule has 0 aromatic heterocycles. The van der Waals surface area contributed by atoms with Gasteiger partial charge >= 0.3 is 5.97 Å². The second-order valence-corrected chi connectivity index (χ2v) is 5.08. The number of hydrogen-bond acceptors (Lipinski definition) is 4. The lowest BCUT2D eigenvalue weighted by atomic mass is 10.2. The summed E-state index contributed by atoms with van der Waals surface area (Å²) in [5, 5.41) is 20.3. The molecule has 1 aromatic carbocycles. The summed E-state index contributed by atoms with van der Waals surface area (Å²) in [7, 11) is 0. The van der Waals surface area contributed by atoms with Gasteiger partial charge in [0.1, 0.15) is 12.1 Å². The smallest absolute Gasteiger partial charge is 0.327 e. The highest BCUT2D eigenvalue weighted by Gasteiger charge is 2.19. The van der Waals surface area contributed by atoms with Crippen molar-refractivity contribution in [2.24, 2.45) is 0 Å². The number of benzene rings is 1. The summed E-state index contributed by atoms with van der Waals surface area (Å²) in [6, 6.07) is 6.50. The van der Waals surface area contributed by atoms with Crippen LogP contribution in [0.1, 0.15) is 18.1 Å². The van der Waals surface area contributed by atoms with Gasteiger partial charge in [-0.25, -0.2) is 4.79 Å². The molecule has 1 rings (SSSR count). The third kappa shape index (κ3) is 4.64. The van der Waals surface area contributed by atoms with Crippen molar-refractivity contribution in [1.29, 1.82) is 5.26 Å². The molecule has 0 saturated carbocycles. The van der Waals surface area contributed by atoms with Gasteiger partial charge in [0, 0.05) is 17.6 Å². The Morgan fingerprint density at radius 2 is 2.21 bits per heavy atom. The summed E-state index contributed by atoms with van der Waals surface area (Å²) in [5.74, 6) is -1.31. The van der Waals surface area contributed by atoms with Crippen molar-refractivity contribution < 1.29 is 14.7 Å². The highest BCUT2D eigenvalue weighted by atomic mass is 32.2. The van der Waals surface area contributed by atoms with Gasteiger partial charge in [0.15, 0.2) is 0 Å². The van der Waals surface area contributed by atoms with Crippen LogP contribution >= 0.6 is 11.8 Å². The van der Waals surface area contributed by atoms with Crippen molar-refractivity contribution in [2.45, 2.75) is 24.8 Å². The van der Waals surface area contributed by atoms with E-state index in [0.29, 0.717) is 10.5 Å². The molecule has 1 amide bonds. The average Bonchev–Trinajstić information content (AvgIpc) is 2.34. The third-order valence-corrected chi connectivity index (χ3v) is 3.50. The van der Waals surface area contributed by atoms with E-state index < -0.39 is 17.9 Å². The van der Waals surface area contributed by atoms with Gasteiger partial charge in [-0.1, -0.05) is 6.07 Å². The first-order chi connectivity index (χ1) is 8.93. The predicted octanol–water partition coefficient (Wildman–Crippen LogP) is 1.55. The van der Waals surface area contributed by atoms with Crippen LogP contribution in [0.4, 0.5) is 0 Å². The van der Waals surface area contributed by atoms with E-state index in [0.717, 1.165) is 5.56 Å². The maximum atomic E-state index is 11.0. The van der Waals surface area contributed by atoms with Crippen LogP contribution < -0.4 is 5.32 Å². The maximum Gasteiger partial charge on any atom is 0.327 e. The van der Waals surface area contributed by atoms with Gasteiger partial charge in [0.25, 0.3) is 0 Å². The number of nitrogens with one attached hydrogen (secondary N) is 1. The molecule has 1 atom stereocenters. The molecule has 0 radical (unpaired) electrons. The normalized spacial score (nSPS) is 11.4. The molecule has 0 heterocycles. The first-order valence-electron chi connectivity index (χ1n) is 5.57. The van der Waals surface area contributed by atoms with Crippen molar-refractivity contribution in [3.8, 4) is 6.07 Å². The summed E-state index contributed by atoms with van der Waals surface area (Å²) in [6.45, 7) is 3.15. The minimum absolute atomic E-state index is 0.173. The number of aliphatic carboxylic acids is 1. The quantitative estimate of drug-likeness (QED) is 0.797. The zero-order valence-electron chi connectivity index (χ0n) is 10.6. The van der Waals surface area contributed by atoms with Crippen LogP contribution in [0.2, 0.25) is 0 Å². The summed E-state index contributed by atoms with van der Waals surface area (Å²) < 4.78 is 0. The standard InChI is InChI=1S/C13H14N2O3S/c1-8-3-4-12(10(5-8)6-14)19-7-11(13(17)18)15-9(2)16/h3-5,11H,7H2,1-2H3,(H,15,16)(H,17,18). The number of rotatable bonds is 5. The first-order valence-corrected chi connectivity index (χ1v) is 6.56. The lowest BCUT2D eigenvalue weighted by Crippen LogP contribution is -2.41. The number of aryl methyl sites for hydroxylation is 1. The highest BCUT2D eigenvalue weighted by Crippen LogP contribution is 2.24. The Balaban J connectivity index is 2.77. The number of thioether (sulfide) groups is 1. The van der Waals surface area contributed by atoms with Crippen LogP contribution in [-0.2, 0) is 9.59 Å². The minimum atomic E-state index is -1.09. The number of nitrogens with zero attached hydrogens (tertiary/aromatic N) is 1. The van der Waals surface area contributed by atoms with Crippen molar-refractivity contribution in [3.63, 3.8) is 0 Å². The lowest BCUT2D eigenvalue weighted by Gasteiger charge is -2.13. The number of hydrogen-bond donors (Lipinski definition) is 2. The number of carbonyl (C=O) groups excluding carboxylic acids is 1. The average molecular weight is 278 g/mol. The van der Waals surface area contributed by atoms with Gasteiger partial charge < -0.3 is 10.4 Å². The van der Waals surface area contributed by atoms with E-state index in [9.17, 15) is 9.59 Å². The van der Waals surface area contributed by atoms with Crippen LogP contribution in [0.25, 0.3) is 0 Å². The van der Waals surface area contributed by atoms with Gasteiger partial charge in [-0.2, -0.15) is 5.26 Å². The van der Waals surface area contributed by atoms with E-state index in [4.69, 9.17) is 10.4 Å². The Morgan fingerprint density at radius 1 is 1.53 bits per heavy atom. The molecular weight excluding hydrogens is 264 g/mol. The van der Waals surface area contributed by atoms with Crippen molar-refractivity contribution in [1.82, 2.24) is 5.32 Å². The third-order valence-electron chi connectivity index (χ3n) is 2.34. The van der Waals surface area contributed by atoms with E-state index in [-0.39, 0.29) is 5.75 Å². The summed E-state index contributed by atoms with van der Waals surface area (Å²) in [4.78, 5) is 22.6. The largest absolute Gasteiger partial charge is 0.480 e. The van der Waals surface area contributed by atoms with Gasteiger partial charge in [-0.3, -0.25) is 4.79 Å². The Labute approximate surface area is 115 Å². The van der Waals surface area contributed by atoms with Gasteiger partial charge in [-0.05, 0) is 24.6 Å². The Bertz CT molecular complexity index is 537. The fourth-order valence-electron chi connectivity index (χ4n) is 1.45. The maximum absolute atomic E-state index is 11.0. The Kier molecular flexibility index (Phi) is 5.39. The minimum Gasteiger partial charge on any atom is -0.480 e. The van der Waals surface area contributed by atoms with Crippen molar-refractivity contribution in [3.05, 3.63) is 29.3 Å². The molecule has 0 spiro atoms. The second kappa shape index (κ2) is 6.81. The first kappa shape index (κ1) is 15.1. The van der Waals surface area contributed by atoms with Crippen LogP contribution in [0, 0.1) is 18.3 Å². The SMILES string of the molecule is CC(=O)NC(CSc1ccc(C)cc1C#N)C(=O)O. The molecule has 6 heteroatoms. The van der Waals surface area contributed by atoms with E-state index >= 15 is 0 Å². The van der Waals surface area contributed by atoms with E-state index in [1.165, 1.54) is 18.7 Å². The molecule has 0 aliphatic heterocycles. The molecular formula is C13H14N2O3S. The van der Waals surface area contributed by atoms with Crippen molar-refractivity contribution in [2.75, 3.05) is 5.75 Å². The van der Waals surface area contributed by atoms with E-state index in [1.54, 1.807) is 12.1 Å². The molecule has 5 nitrogen and oxygen atoms in total. The molecule has 0 fully saturated rings. The number of carboxylic acids is 1. The number of nitriles is 1. The topological polar surface area (TPSA) is 90.2 Å². The summed E-state index contributed by atoms with van der Waals surface area (Å²) >= 11 is 1.24. The second-order valence-electron chi connectivity index (χ2n) is 4.01. The zero-order chi connectivity index (χ0) is 14.4. The molecule has 2 N–H and O–H groups in total. The van der Waals surface area contributed by atoms with Crippen LogP contribution in [-0.4, -0.2) is 28.8 Å². The highest BCUT2D eigenvalue weighted by molar-refractivity contribution is 7.99. The van der Waals surface area contributed by atoms with Crippen molar-refractivity contribution >= 4 is 23.6 Å². The molecule has 0 aliphatic rings. The Morgan fingerprint density at radius 3 is 2.74 bits per heavy atom. The summed E-state index contributed by atoms with van der Waals surface area (Å²) in [5.41, 5.74) is 1.48. The van der Waals surface area contributed by atoms with Crippen LogP contribution in [0.3, 0.4) is 0 Å². The van der Waals surface area contributed by atoms with Gasteiger partial charge in [0.2, 0.25) is 5.91 Å². The van der Waals surface area contributed by atoms with Gasteiger partial charge in [0.05, 0.1) is 5.56 Å². The molecule has 0 aliphatic carbocycles. The van der Waals surface area contributed by atoms with Crippen LogP contribution in [0.5, 0.6) is 0 Å². The predicted molar refractivity (Wildman–Crippen MR) is 71.9 cm³/mol. The Hall–Kier alpha value is -2.00. The van der Waals surface area contributed by atoms with E-state index in [2.05, 4.69) is 11.4 Å². The van der Waals surface area contributed by atoms with Crippen LogP contribution in [0.15, 0.2) is 23.1 Å². The molecule has 0 bridgehead atoms. The summed E-state index contributed by atoms with van der Waals surface area (Å²) in [6.07, 6.45) is 0. The van der Waals surface area contributed by atoms with Gasteiger partial charge in [-0.15, -0.1) is 11.8 Å². The lowest BCUT2D eigenvalue weighted by molar-refractivity contribution is -0.140. The molecule has 0 saturated heterocycles. The molecule has 19 heavy (non-hydrogen) atoms. The fourth-order valence-corrected chi connectivity index (χ4v) is 2.45. The van der Waals surface area contributed by atoms with E-state index in [1.807, 2.05) is 13.0 Å². The molecule has 1 unspecified atom stereocenters. The zero-order valence-corrected chi connectivity index (χ0v) is 11.5.